The normalized spacial score (nSPS) is 10.6. The molecule has 4 aromatic carbocycles. The first kappa shape index (κ1) is 20.7. The van der Waals surface area contributed by atoms with E-state index in [2.05, 4.69) is 24.3 Å². The largest absolute Gasteiger partial charge is 0.482 e. The number of hydrogen-bond donors (Lipinski definition) is 0. The molecule has 0 aliphatic heterocycles. The molecule has 0 fully saturated rings. The average molecular weight is 432 g/mol. The number of ether oxygens (including phenoxy) is 2. The molecular formula is C26H20FO3S+. The molecular weight excluding hydrogens is 411 g/mol. The van der Waals surface area contributed by atoms with Crippen LogP contribution in [0.2, 0.25) is 0 Å². The molecule has 0 N–H and O–H groups in total. The fourth-order valence-electron chi connectivity index (χ4n) is 3.00. The smallest absolute Gasteiger partial charge is 0.349 e. The first-order chi connectivity index (χ1) is 15.2. The molecule has 0 aromatic heterocycles. The summed E-state index contributed by atoms with van der Waals surface area (Å²) in [6.45, 7) is -0.236. The van der Waals surface area contributed by atoms with Crippen LogP contribution in [0.25, 0.3) is 0 Å². The molecule has 4 rings (SSSR count). The Morgan fingerprint density at radius 1 is 0.645 bits per heavy atom. The molecule has 154 valence electrons. The van der Waals surface area contributed by atoms with E-state index >= 15 is 0 Å². The fraction of sp³-hybridized carbons (Fsp3) is 0.0385. The van der Waals surface area contributed by atoms with Crippen LogP contribution >= 0.6 is 0 Å². The quantitative estimate of drug-likeness (QED) is 0.207. The number of carbonyl (C=O) groups is 1. The van der Waals surface area contributed by atoms with Crippen LogP contribution in [0.3, 0.4) is 0 Å². The molecule has 0 amide bonds. The molecule has 31 heavy (non-hydrogen) atoms. The number of benzene rings is 4. The molecule has 0 aliphatic carbocycles. The number of esters is 1. The summed E-state index contributed by atoms with van der Waals surface area (Å²) in [4.78, 5) is 15.6. The lowest BCUT2D eigenvalue weighted by atomic mass is 10.3. The number of carbonyl (C=O) groups excluding carboxylic acids is 1. The standard InChI is InChI=1S/C26H20FO3S/c27-20-11-13-22(14-12-20)30-26(28)19-29-21-15-17-25(18-16-21)31(23-7-3-1-4-8-23)24-9-5-2-6-10-24/h1-18H,19H2/q+1. The van der Waals surface area contributed by atoms with E-state index in [1.165, 1.54) is 34.1 Å². The molecule has 0 saturated heterocycles. The zero-order chi connectivity index (χ0) is 21.5. The molecule has 0 atom stereocenters. The van der Waals surface area contributed by atoms with E-state index in [1.54, 1.807) is 0 Å². The van der Waals surface area contributed by atoms with Crippen LogP contribution in [0.4, 0.5) is 4.39 Å². The van der Waals surface area contributed by atoms with Gasteiger partial charge in [0.05, 0.1) is 10.9 Å². The Hall–Kier alpha value is -3.57. The number of rotatable bonds is 7. The zero-order valence-corrected chi connectivity index (χ0v) is 17.4. The molecule has 4 aromatic rings. The summed E-state index contributed by atoms with van der Waals surface area (Å²) in [5.41, 5.74) is 0. The molecule has 0 heterocycles. The van der Waals surface area contributed by atoms with E-state index in [0.29, 0.717) is 5.75 Å². The predicted octanol–water partition coefficient (Wildman–Crippen LogP) is 5.91. The lowest BCUT2D eigenvalue weighted by molar-refractivity contribution is -0.136. The summed E-state index contributed by atoms with van der Waals surface area (Å²) in [6, 6.07) is 33.7. The lowest BCUT2D eigenvalue weighted by Crippen LogP contribution is -2.17. The van der Waals surface area contributed by atoms with Gasteiger partial charge in [-0.25, -0.2) is 9.18 Å². The summed E-state index contributed by atoms with van der Waals surface area (Å²) >= 11 is 0. The van der Waals surface area contributed by atoms with E-state index in [4.69, 9.17) is 9.47 Å². The predicted molar refractivity (Wildman–Crippen MR) is 119 cm³/mol. The van der Waals surface area contributed by atoms with Gasteiger partial charge >= 0.3 is 5.97 Å². The molecule has 0 bridgehead atoms. The van der Waals surface area contributed by atoms with Crippen molar-refractivity contribution in [3.63, 3.8) is 0 Å². The molecule has 0 aliphatic rings. The van der Waals surface area contributed by atoms with Crippen LogP contribution in [0.15, 0.2) is 124 Å². The molecule has 0 saturated carbocycles. The van der Waals surface area contributed by atoms with E-state index in [9.17, 15) is 9.18 Å². The maximum absolute atomic E-state index is 12.9. The fourth-order valence-corrected chi connectivity index (χ4v) is 5.08. The van der Waals surface area contributed by atoms with Gasteiger partial charge in [0.1, 0.15) is 17.3 Å². The highest BCUT2D eigenvalue weighted by atomic mass is 32.2. The zero-order valence-electron chi connectivity index (χ0n) is 16.6. The van der Waals surface area contributed by atoms with Gasteiger partial charge < -0.3 is 9.47 Å². The third-order valence-electron chi connectivity index (χ3n) is 4.42. The van der Waals surface area contributed by atoms with Crippen LogP contribution in [-0.2, 0) is 15.7 Å². The van der Waals surface area contributed by atoms with Crippen LogP contribution in [0.1, 0.15) is 0 Å². The second kappa shape index (κ2) is 9.96. The third kappa shape index (κ3) is 5.53. The van der Waals surface area contributed by atoms with Crippen LogP contribution in [0.5, 0.6) is 11.5 Å². The minimum atomic E-state index is -0.552. The highest BCUT2D eigenvalue weighted by Crippen LogP contribution is 2.31. The van der Waals surface area contributed by atoms with Gasteiger partial charge in [-0.1, -0.05) is 36.4 Å². The van der Waals surface area contributed by atoms with Crippen molar-refractivity contribution in [3.8, 4) is 11.5 Å². The minimum Gasteiger partial charge on any atom is -0.482 e. The monoisotopic (exact) mass is 431 g/mol. The molecule has 0 radical (unpaired) electrons. The second-order valence-corrected chi connectivity index (χ2v) is 8.65. The van der Waals surface area contributed by atoms with Crippen molar-refractivity contribution in [3.05, 3.63) is 115 Å². The van der Waals surface area contributed by atoms with E-state index in [-0.39, 0.29) is 29.1 Å². The van der Waals surface area contributed by atoms with Gasteiger partial charge in [0.2, 0.25) is 0 Å². The lowest BCUT2D eigenvalue weighted by Gasteiger charge is -2.09. The topological polar surface area (TPSA) is 35.5 Å². The van der Waals surface area contributed by atoms with E-state index < -0.39 is 5.97 Å². The number of halogens is 1. The first-order valence-corrected chi connectivity index (χ1v) is 10.9. The van der Waals surface area contributed by atoms with Crippen molar-refractivity contribution in [2.45, 2.75) is 14.7 Å². The van der Waals surface area contributed by atoms with Crippen molar-refractivity contribution >= 4 is 16.9 Å². The Morgan fingerprint density at radius 2 is 1.13 bits per heavy atom. The summed E-state index contributed by atoms with van der Waals surface area (Å²) in [7, 11) is -0.242. The summed E-state index contributed by atoms with van der Waals surface area (Å²) in [6.07, 6.45) is 0. The highest BCUT2D eigenvalue weighted by Gasteiger charge is 2.28. The highest BCUT2D eigenvalue weighted by molar-refractivity contribution is 7.97. The Balaban J connectivity index is 1.45. The maximum atomic E-state index is 12.9. The van der Waals surface area contributed by atoms with E-state index in [1.807, 2.05) is 60.7 Å². The van der Waals surface area contributed by atoms with Gasteiger partial charge in [0.25, 0.3) is 0 Å². The molecule has 0 spiro atoms. The Morgan fingerprint density at radius 3 is 1.68 bits per heavy atom. The van der Waals surface area contributed by atoms with Crippen molar-refractivity contribution in [1.82, 2.24) is 0 Å². The second-order valence-electron chi connectivity index (χ2n) is 6.62. The Labute approximate surface area is 183 Å². The van der Waals surface area contributed by atoms with Crippen molar-refractivity contribution in [2.75, 3.05) is 6.61 Å². The van der Waals surface area contributed by atoms with Crippen molar-refractivity contribution in [1.29, 1.82) is 0 Å². The SMILES string of the molecule is O=C(COc1ccc([S+](c2ccccc2)c2ccccc2)cc1)Oc1ccc(F)cc1. The van der Waals surface area contributed by atoms with Crippen LogP contribution in [-0.4, -0.2) is 12.6 Å². The van der Waals surface area contributed by atoms with Crippen LogP contribution < -0.4 is 9.47 Å². The summed E-state index contributed by atoms with van der Waals surface area (Å²) < 4.78 is 23.6. The third-order valence-corrected chi connectivity index (χ3v) is 6.65. The summed E-state index contributed by atoms with van der Waals surface area (Å²) in [5.74, 6) is -0.0882. The van der Waals surface area contributed by atoms with Gasteiger partial charge in [0, 0.05) is 0 Å². The van der Waals surface area contributed by atoms with Crippen LogP contribution in [0, 0.1) is 5.82 Å². The maximum Gasteiger partial charge on any atom is 0.349 e. The minimum absolute atomic E-state index is 0.236. The first-order valence-electron chi connectivity index (χ1n) is 9.72. The molecule has 5 heteroatoms. The van der Waals surface area contributed by atoms with Gasteiger partial charge in [0.15, 0.2) is 21.3 Å². The van der Waals surface area contributed by atoms with E-state index in [0.717, 1.165) is 4.90 Å². The van der Waals surface area contributed by atoms with Crippen molar-refractivity contribution < 1.29 is 18.7 Å². The molecule has 3 nitrogen and oxygen atoms in total. The Bertz CT molecular complexity index is 1080. The summed E-state index contributed by atoms with van der Waals surface area (Å²) in [5, 5.41) is 0. The van der Waals surface area contributed by atoms with Crippen molar-refractivity contribution in [2.24, 2.45) is 0 Å². The number of hydrogen-bond acceptors (Lipinski definition) is 3. The van der Waals surface area contributed by atoms with Gasteiger partial charge in [-0.15, -0.1) is 0 Å². The van der Waals surface area contributed by atoms with Gasteiger partial charge in [-0.05, 0) is 72.8 Å². The molecule has 0 unspecified atom stereocenters. The Kier molecular flexibility index (Phi) is 6.65. The average Bonchev–Trinajstić information content (AvgIpc) is 2.82. The van der Waals surface area contributed by atoms with Gasteiger partial charge in [-0.3, -0.25) is 0 Å². The van der Waals surface area contributed by atoms with Gasteiger partial charge in [-0.2, -0.15) is 0 Å².